The van der Waals surface area contributed by atoms with Gasteiger partial charge in [0.15, 0.2) is 0 Å². The second-order valence-corrected chi connectivity index (χ2v) is 8.47. The van der Waals surface area contributed by atoms with Crippen LogP contribution in [0.15, 0.2) is 24.4 Å². The minimum atomic E-state index is -1.88. The Labute approximate surface area is 181 Å². The fraction of sp³-hybridized carbons (Fsp3) is 0.714. The van der Waals surface area contributed by atoms with Gasteiger partial charge in [0.25, 0.3) is 5.91 Å². The monoisotopic (exact) mass is 439 g/mol. The highest BCUT2D eigenvalue weighted by molar-refractivity contribution is 5.92. The third-order valence-electron chi connectivity index (χ3n) is 6.55. The van der Waals surface area contributed by atoms with E-state index in [1.807, 2.05) is 13.8 Å². The molecule has 3 heterocycles. The van der Waals surface area contributed by atoms with Crippen LogP contribution in [-0.4, -0.2) is 82.2 Å². The first-order valence-corrected chi connectivity index (χ1v) is 10.7. The van der Waals surface area contributed by atoms with E-state index in [1.54, 1.807) is 25.2 Å². The molecule has 10 nitrogen and oxygen atoms in total. The van der Waals surface area contributed by atoms with Crippen LogP contribution in [0.3, 0.4) is 0 Å². The predicted octanol–water partition coefficient (Wildman–Crippen LogP) is -0.658. The Balaban J connectivity index is 0.00000272. The highest BCUT2D eigenvalue weighted by atomic mass is 16.8. The molecule has 10 heteroatoms. The van der Waals surface area contributed by atoms with Crippen molar-refractivity contribution < 1.29 is 34.7 Å². The van der Waals surface area contributed by atoms with Crippen LogP contribution in [0.2, 0.25) is 0 Å². The molecule has 2 saturated heterocycles. The summed E-state index contributed by atoms with van der Waals surface area (Å²) in [6, 6.07) is 3.88. The van der Waals surface area contributed by atoms with E-state index >= 15 is 0 Å². The van der Waals surface area contributed by atoms with E-state index in [1.165, 1.54) is 6.20 Å². The van der Waals surface area contributed by atoms with Gasteiger partial charge in [0.1, 0.15) is 11.8 Å². The molecule has 0 spiro atoms. The number of likely N-dealkylation sites (N-methyl/N-ethyl adjacent to an activating group) is 1. The lowest BCUT2D eigenvalue weighted by Crippen LogP contribution is -2.75. The first kappa shape index (κ1) is 24.0. The number of amides is 1. The number of ether oxygens (including phenoxy) is 3. The van der Waals surface area contributed by atoms with Gasteiger partial charge in [0, 0.05) is 6.20 Å². The van der Waals surface area contributed by atoms with Crippen LogP contribution in [0.1, 0.15) is 43.6 Å². The molecule has 0 bridgehead atoms. The first-order chi connectivity index (χ1) is 14.4. The smallest absolute Gasteiger partial charge is 0.270 e. The number of nitrogens with one attached hydrogen (secondary N) is 2. The number of rotatable bonds is 4. The van der Waals surface area contributed by atoms with Crippen molar-refractivity contribution in [1.82, 2.24) is 15.6 Å². The number of carbonyl (C=O) groups excluding carboxylic acids is 1. The van der Waals surface area contributed by atoms with Gasteiger partial charge < -0.3 is 40.5 Å². The van der Waals surface area contributed by atoms with Gasteiger partial charge in [-0.15, -0.1) is 0 Å². The van der Waals surface area contributed by atoms with E-state index in [2.05, 4.69) is 15.6 Å². The average molecular weight is 440 g/mol. The van der Waals surface area contributed by atoms with Crippen LogP contribution < -0.4 is 10.6 Å². The molecule has 0 radical (unpaired) electrons. The van der Waals surface area contributed by atoms with Gasteiger partial charge in [0.2, 0.25) is 12.1 Å². The molecule has 1 saturated carbocycles. The second kappa shape index (κ2) is 9.45. The van der Waals surface area contributed by atoms with Crippen LogP contribution in [0.25, 0.3) is 0 Å². The van der Waals surface area contributed by atoms with E-state index in [9.17, 15) is 15.0 Å². The molecule has 31 heavy (non-hydrogen) atoms. The number of nitrogens with zero attached hydrogens (tertiary/aromatic N) is 1. The van der Waals surface area contributed by atoms with Gasteiger partial charge in [-0.05, 0) is 44.9 Å². The highest BCUT2D eigenvalue weighted by Gasteiger charge is 2.61. The van der Waals surface area contributed by atoms with Gasteiger partial charge in [-0.25, -0.2) is 0 Å². The number of fused-ring (bicyclic) bond motifs is 2. The molecule has 3 fully saturated rings. The summed E-state index contributed by atoms with van der Waals surface area (Å²) in [6.45, 7) is 3.90. The summed E-state index contributed by atoms with van der Waals surface area (Å²) in [7, 11) is 1.75. The summed E-state index contributed by atoms with van der Waals surface area (Å²) in [5.74, 6) is -2.24. The van der Waals surface area contributed by atoms with Gasteiger partial charge in [-0.2, -0.15) is 0 Å². The molecular formula is C21H33N3O7. The summed E-state index contributed by atoms with van der Waals surface area (Å²) in [6.07, 6.45) is 0.457. The Kier molecular flexibility index (Phi) is 7.32. The van der Waals surface area contributed by atoms with Crippen LogP contribution in [-0.2, 0) is 14.2 Å². The Morgan fingerprint density at radius 3 is 2.74 bits per heavy atom. The van der Waals surface area contributed by atoms with Crippen molar-refractivity contribution in [1.29, 1.82) is 0 Å². The van der Waals surface area contributed by atoms with E-state index in [0.29, 0.717) is 12.8 Å². The number of carbonyl (C=O) groups is 1. The van der Waals surface area contributed by atoms with Gasteiger partial charge in [0.05, 0.1) is 30.4 Å². The third-order valence-corrected chi connectivity index (χ3v) is 6.55. The predicted molar refractivity (Wildman–Crippen MR) is 110 cm³/mol. The maximum atomic E-state index is 12.7. The molecule has 4 rings (SSSR count). The zero-order valence-corrected chi connectivity index (χ0v) is 18.0. The normalized spacial score (nSPS) is 42.0. The maximum absolute atomic E-state index is 12.7. The van der Waals surface area contributed by atoms with Gasteiger partial charge in [-0.1, -0.05) is 19.4 Å². The molecule has 1 aromatic rings. The maximum Gasteiger partial charge on any atom is 0.270 e. The molecule has 1 aliphatic carbocycles. The summed E-state index contributed by atoms with van der Waals surface area (Å²) < 4.78 is 18.3. The van der Waals surface area contributed by atoms with Crippen LogP contribution in [0.4, 0.5) is 0 Å². The molecule has 3 aliphatic rings. The Hall–Kier alpha value is -1.66. The molecule has 1 amide bonds. The summed E-state index contributed by atoms with van der Waals surface area (Å²) >= 11 is 0. The highest BCUT2D eigenvalue weighted by Crippen LogP contribution is 2.43. The fourth-order valence-corrected chi connectivity index (χ4v) is 4.88. The standard InChI is InChI=1S/C21H31N3O6.H2O/c1-4-12-10-14-18(16(22-3)17(12)25)30-21(27)15(9-11(2)28-20(21)29-14)24-19(26)13-7-5-6-8-23-13;/h5-8,11-12,14-18,20,22,25,27H,4,9-10H2,1-3H3,(H,24,26);1H2/t11-,12+,14?,15-,16+,17+,18?,20?,21+;/m1./s1. The number of aliphatic hydroxyl groups is 2. The zero-order valence-electron chi connectivity index (χ0n) is 18.0. The molecule has 6 N–H and O–H groups in total. The third kappa shape index (κ3) is 4.34. The second-order valence-electron chi connectivity index (χ2n) is 8.47. The molecule has 2 aliphatic heterocycles. The van der Waals surface area contributed by atoms with E-state index in [-0.39, 0.29) is 29.3 Å². The summed E-state index contributed by atoms with van der Waals surface area (Å²) in [4.78, 5) is 16.8. The lowest BCUT2D eigenvalue weighted by atomic mass is 9.77. The summed E-state index contributed by atoms with van der Waals surface area (Å²) in [5, 5.41) is 28.2. The molecule has 174 valence electrons. The van der Waals surface area contributed by atoms with E-state index < -0.39 is 42.3 Å². The molecule has 3 unspecified atom stereocenters. The minimum Gasteiger partial charge on any atom is -0.412 e. The Bertz CT molecular complexity index is 754. The average Bonchev–Trinajstić information content (AvgIpc) is 2.74. The molecular weight excluding hydrogens is 406 g/mol. The largest absolute Gasteiger partial charge is 0.412 e. The zero-order chi connectivity index (χ0) is 21.5. The molecule has 0 aromatic carbocycles. The molecule has 1 aromatic heterocycles. The number of hydrogen-bond donors (Lipinski definition) is 4. The van der Waals surface area contributed by atoms with Crippen molar-refractivity contribution in [3.63, 3.8) is 0 Å². The van der Waals surface area contributed by atoms with Crippen LogP contribution in [0, 0.1) is 5.92 Å². The first-order valence-electron chi connectivity index (χ1n) is 10.7. The van der Waals surface area contributed by atoms with Crippen LogP contribution in [0.5, 0.6) is 0 Å². The molecule has 9 atom stereocenters. The number of aromatic nitrogens is 1. The Morgan fingerprint density at radius 2 is 2.10 bits per heavy atom. The summed E-state index contributed by atoms with van der Waals surface area (Å²) in [5.41, 5.74) is 0.248. The number of pyridine rings is 1. The number of aliphatic hydroxyl groups excluding tert-OH is 1. The van der Waals surface area contributed by atoms with E-state index in [0.717, 1.165) is 6.42 Å². The van der Waals surface area contributed by atoms with Crippen molar-refractivity contribution in [2.75, 3.05) is 7.05 Å². The lowest BCUT2D eigenvalue weighted by molar-refractivity contribution is -0.443. The lowest BCUT2D eigenvalue weighted by Gasteiger charge is -2.56. The fourth-order valence-electron chi connectivity index (χ4n) is 4.88. The Morgan fingerprint density at radius 1 is 1.32 bits per heavy atom. The van der Waals surface area contributed by atoms with Gasteiger partial charge >= 0.3 is 0 Å². The van der Waals surface area contributed by atoms with Crippen molar-refractivity contribution in [3.8, 4) is 0 Å². The SMILES string of the molecule is CC[C@H]1CC2OC3O[C@H](C)C[C@@H](NC(=O)c4ccccn4)[C@]3(O)OC2[C@@H](NC)[C@H]1O.O. The topological polar surface area (TPSA) is 154 Å². The van der Waals surface area contributed by atoms with Crippen LogP contribution >= 0.6 is 0 Å². The number of hydrogen-bond acceptors (Lipinski definition) is 8. The van der Waals surface area contributed by atoms with Gasteiger partial charge in [-0.3, -0.25) is 9.78 Å². The van der Waals surface area contributed by atoms with Crippen molar-refractivity contribution in [2.45, 2.75) is 81.7 Å². The van der Waals surface area contributed by atoms with Crippen molar-refractivity contribution >= 4 is 5.91 Å². The van der Waals surface area contributed by atoms with Crippen molar-refractivity contribution in [3.05, 3.63) is 30.1 Å². The van der Waals surface area contributed by atoms with Crippen molar-refractivity contribution in [2.24, 2.45) is 5.92 Å². The minimum absolute atomic E-state index is 0. The quantitative estimate of drug-likeness (QED) is 0.482. The van der Waals surface area contributed by atoms with E-state index in [4.69, 9.17) is 14.2 Å².